The maximum atomic E-state index is 11.7. The van der Waals surface area contributed by atoms with Gasteiger partial charge >= 0.3 is 0 Å². The number of carbonyl (C=O) groups excluding carboxylic acids is 1. The molecule has 98 valence electrons. The predicted octanol–water partition coefficient (Wildman–Crippen LogP) is -0.750. The molecule has 6 heteroatoms. The molecule has 0 bridgehead atoms. The molecule has 5 nitrogen and oxygen atoms in total. The normalized spacial score (nSPS) is 24.0. The molecule has 2 rings (SSSR count). The highest BCUT2D eigenvalue weighted by atomic mass is 32.2. The van der Waals surface area contributed by atoms with Crippen LogP contribution in [0.3, 0.4) is 0 Å². The van der Waals surface area contributed by atoms with Crippen LogP contribution in [0.15, 0.2) is 0 Å². The van der Waals surface area contributed by atoms with Crippen molar-refractivity contribution < 1.29 is 13.7 Å². The molecule has 0 radical (unpaired) electrons. The minimum atomic E-state index is -1.02. The molecular formula is C11H20N2O3S. The van der Waals surface area contributed by atoms with Crippen LogP contribution in [0.25, 0.3) is 0 Å². The zero-order valence-corrected chi connectivity index (χ0v) is 10.8. The molecule has 0 saturated carbocycles. The lowest BCUT2D eigenvalue weighted by molar-refractivity contribution is -0.119. The molecule has 1 atom stereocenters. The van der Waals surface area contributed by atoms with Crippen molar-refractivity contribution in [2.45, 2.75) is 18.9 Å². The summed E-state index contributed by atoms with van der Waals surface area (Å²) in [4.78, 5) is 11.6. The average molecular weight is 260 g/mol. The highest BCUT2D eigenvalue weighted by molar-refractivity contribution is 7.85. The van der Waals surface area contributed by atoms with Gasteiger partial charge in [-0.3, -0.25) is 9.00 Å². The van der Waals surface area contributed by atoms with Crippen LogP contribution in [0, 0.1) is 5.92 Å². The van der Waals surface area contributed by atoms with Gasteiger partial charge in [0.25, 0.3) is 0 Å². The lowest BCUT2D eigenvalue weighted by Gasteiger charge is -2.26. The van der Waals surface area contributed by atoms with Crippen molar-refractivity contribution >= 4 is 16.7 Å². The minimum absolute atomic E-state index is 0.0810. The molecule has 0 aromatic rings. The second-order valence-electron chi connectivity index (χ2n) is 4.73. The largest absolute Gasteiger partial charge is 0.381 e. The van der Waals surface area contributed by atoms with Gasteiger partial charge in [-0.1, -0.05) is 0 Å². The Morgan fingerprint density at radius 2 is 2.06 bits per heavy atom. The number of carbonyl (C=O) groups is 1. The molecule has 0 spiro atoms. The van der Waals surface area contributed by atoms with Crippen molar-refractivity contribution in [3.8, 4) is 0 Å². The number of amides is 1. The molecular weight excluding hydrogens is 240 g/mol. The van der Waals surface area contributed by atoms with Crippen molar-refractivity contribution in [1.82, 2.24) is 10.6 Å². The summed E-state index contributed by atoms with van der Waals surface area (Å²) in [7, 11) is -1.02. The first-order valence-corrected chi connectivity index (χ1v) is 7.65. The highest BCUT2D eigenvalue weighted by Crippen LogP contribution is 2.07. The van der Waals surface area contributed by atoms with Crippen LogP contribution < -0.4 is 10.6 Å². The average Bonchev–Trinajstić information content (AvgIpc) is 2.25. The Hall–Kier alpha value is -0.460. The van der Waals surface area contributed by atoms with Crippen LogP contribution >= 0.6 is 0 Å². The van der Waals surface area contributed by atoms with E-state index >= 15 is 0 Å². The van der Waals surface area contributed by atoms with E-state index in [9.17, 15) is 9.00 Å². The Bertz CT molecular complexity index is 288. The lowest BCUT2D eigenvalue weighted by Crippen LogP contribution is -2.46. The molecule has 2 fully saturated rings. The fourth-order valence-electron chi connectivity index (χ4n) is 2.05. The van der Waals surface area contributed by atoms with E-state index in [1.807, 2.05) is 0 Å². The topological polar surface area (TPSA) is 67.4 Å². The summed E-state index contributed by atoms with van der Waals surface area (Å²) in [5.41, 5.74) is 0. The summed E-state index contributed by atoms with van der Waals surface area (Å²) in [5.74, 6) is 1.21. The number of hydrogen-bond donors (Lipinski definition) is 2. The van der Waals surface area contributed by atoms with Gasteiger partial charge in [-0.05, 0) is 18.8 Å². The second-order valence-corrected chi connectivity index (χ2v) is 6.23. The molecule has 2 saturated heterocycles. The monoisotopic (exact) mass is 260 g/mol. The van der Waals surface area contributed by atoms with E-state index in [0.29, 0.717) is 24.9 Å². The van der Waals surface area contributed by atoms with Crippen molar-refractivity contribution in [3.05, 3.63) is 0 Å². The molecule has 0 aromatic heterocycles. The maximum absolute atomic E-state index is 11.7. The summed E-state index contributed by atoms with van der Waals surface area (Å²) in [5, 5.41) is 6.07. The summed E-state index contributed by atoms with van der Waals surface area (Å²) in [6, 6.07) is 0.207. The van der Waals surface area contributed by atoms with Crippen molar-refractivity contribution in [2.24, 2.45) is 5.92 Å². The standard InChI is InChI=1S/C11H20N2O3S/c14-11(13-10-1-3-16-4-2-10)8-17(15)7-9-5-12-6-9/h9-10,12H,1-8H2,(H,13,14). The predicted molar refractivity (Wildman–Crippen MR) is 66.2 cm³/mol. The van der Waals surface area contributed by atoms with E-state index in [0.717, 1.165) is 25.9 Å². The van der Waals surface area contributed by atoms with Crippen LogP contribution in [0.4, 0.5) is 0 Å². The molecule has 17 heavy (non-hydrogen) atoms. The summed E-state index contributed by atoms with van der Waals surface area (Å²) >= 11 is 0. The molecule has 1 unspecified atom stereocenters. The molecule has 2 aliphatic heterocycles. The fourth-order valence-corrected chi connectivity index (χ4v) is 3.30. The van der Waals surface area contributed by atoms with Gasteiger partial charge in [0.15, 0.2) is 0 Å². The van der Waals surface area contributed by atoms with Crippen LogP contribution in [0.5, 0.6) is 0 Å². The third kappa shape index (κ3) is 4.37. The number of hydrogen-bond acceptors (Lipinski definition) is 4. The molecule has 2 N–H and O–H groups in total. The van der Waals surface area contributed by atoms with Gasteiger partial charge < -0.3 is 15.4 Å². The number of rotatable bonds is 5. The van der Waals surface area contributed by atoms with Crippen LogP contribution in [0.1, 0.15) is 12.8 Å². The quantitative estimate of drug-likeness (QED) is 0.682. The van der Waals surface area contributed by atoms with Gasteiger partial charge in [-0.15, -0.1) is 0 Å². The summed E-state index contributed by atoms with van der Waals surface area (Å²) < 4.78 is 16.9. The Morgan fingerprint density at radius 3 is 2.65 bits per heavy atom. The smallest absolute Gasteiger partial charge is 0.232 e. The van der Waals surface area contributed by atoms with E-state index in [1.165, 1.54) is 0 Å². The summed E-state index contributed by atoms with van der Waals surface area (Å²) in [6.45, 7) is 3.30. The van der Waals surface area contributed by atoms with Gasteiger partial charge in [-0.25, -0.2) is 0 Å². The van der Waals surface area contributed by atoms with Crippen molar-refractivity contribution in [2.75, 3.05) is 37.8 Å². The van der Waals surface area contributed by atoms with E-state index in [1.54, 1.807) is 0 Å². The third-order valence-electron chi connectivity index (χ3n) is 3.17. The number of nitrogens with one attached hydrogen (secondary N) is 2. The molecule has 2 aliphatic rings. The Morgan fingerprint density at radius 1 is 1.35 bits per heavy atom. The van der Waals surface area contributed by atoms with Gasteiger partial charge in [0.05, 0.1) is 0 Å². The molecule has 1 amide bonds. The first-order chi connectivity index (χ1) is 8.24. The zero-order valence-electron chi connectivity index (χ0n) is 9.94. The van der Waals surface area contributed by atoms with Crippen LogP contribution in [-0.4, -0.2) is 54.0 Å². The van der Waals surface area contributed by atoms with E-state index in [2.05, 4.69) is 10.6 Å². The van der Waals surface area contributed by atoms with E-state index in [-0.39, 0.29) is 17.7 Å². The third-order valence-corrected chi connectivity index (χ3v) is 4.59. The van der Waals surface area contributed by atoms with E-state index < -0.39 is 10.8 Å². The lowest BCUT2D eigenvalue weighted by atomic mass is 10.1. The highest BCUT2D eigenvalue weighted by Gasteiger charge is 2.22. The van der Waals surface area contributed by atoms with Crippen molar-refractivity contribution in [3.63, 3.8) is 0 Å². The summed E-state index contributed by atoms with van der Waals surface area (Å²) in [6.07, 6.45) is 1.73. The molecule has 0 aromatic carbocycles. The molecule has 2 heterocycles. The van der Waals surface area contributed by atoms with Gasteiger partial charge in [0, 0.05) is 48.9 Å². The molecule has 0 aliphatic carbocycles. The van der Waals surface area contributed by atoms with Crippen LogP contribution in [0.2, 0.25) is 0 Å². The Labute approximate surface area is 104 Å². The minimum Gasteiger partial charge on any atom is -0.381 e. The maximum Gasteiger partial charge on any atom is 0.232 e. The van der Waals surface area contributed by atoms with Crippen molar-refractivity contribution in [1.29, 1.82) is 0 Å². The Balaban J connectivity index is 1.63. The SMILES string of the molecule is O=C(CS(=O)CC1CNC1)NC1CCOCC1. The number of ether oxygens (including phenoxy) is 1. The fraction of sp³-hybridized carbons (Fsp3) is 0.909. The van der Waals surface area contributed by atoms with Gasteiger partial charge in [0.1, 0.15) is 5.75 Å². The van der Waals surface area contributed by atoms with Crippen LogP contribution in [-0.2, 0) is 20.3 Å². The zero-order chi connectivity index (χ0) is 12.1. The van der Waals surface area contributed by atoms with Gasteiger partial charge in [-0.2, -0.15) is 0 Å². The second kappa shape index (κ2) is 6.47. The first kappa shape index (κ1) is 13.0. The Kier molecular flexibility index (Phi) is 4.94. The van der Waals surface area contributed by atoms with E-state index in [4.69, 9.17) is 4.74 Å². The first-order valence-electron chi connectivity index (χ1n) is 6.17. The van der Waals surface area contributed by atoms with Gasteiger partial charge in [0.2, 0.25) is 5.91 Å².